The van der Waals surface area contributed by atoms with Gasteiger partial charge in [0.05, 0.1) is 5.84 Å². The smallest absolute Gasteiger partial charge is 0.0963 e. The molecule has 3 N–H and O–H groups in total. The van der Waals surface area contributed by atoms with Crippen LogP contribution in [0.1, 0.15) is 26.7 Å². The summed E-state index contributed by atoms with van der Waals surface area (Å²) in [6.07, 6.45) is 1.99. The van der Waals surface area contributed by atoms with Gasteiger partial charge in [0.15, 0.2) is 0 Å². The second-order valence-corrected chi connectivity index (χ2v) is 6.31. The number of hydrogen-bond acceptors (Lipinski definition) is 2. The normalized spacial score (nSPS) is 11.5. The van der Waals surface area contributed by atoms with Crippen molar-refractivity contribution in [1.29, 1.82) is 5.41 Å². The van der Waals surface area contributed by atoms with Crippen molar-refractivity contribution in [3.05, 3.63) is 29.3 Å². The van der Waals surface area contributed by atoms with Crippen molar-refractivity contribution in [1.82, 2.24) is 0 Å². The number of rotatable bonds is 6. The predicted octanol–water partition coefficient (Wildman–Crippen LogP) is 4.17. The molecular weight excluding hydrogens is 252 g/mol. The van der Waals surface area contributed by atoms with Crippen LogP contribution >= 0.6 is 23.4 Å². The second kappa shape index (κ2) is 6.31. The van der Waals surface area contributed by atoms with Crippen LogP contribution in [-0.2, 0) is 0 Å². The van der Waals surface area contributed by atoms with E-state index in [1.165, 1.54) is 4.90 Å². The minimum absolute atomic E-state index is 0.186. The molecule has 1 aromatic carbocycles. The summed E-state index contributed by atoms with van der Waals surface area (Å²) in [6, 6.07) is 7.88. The monoisotopic (exact) mass is 270 g/mol. The Morgan fingerprint density at radius 3 is 2.76 bits per heavy atom. The zero-order chi connectivity index (χ0) is 12.9. The molecule has 0 unspecified atom stereocenters. The molecule has 0 atom stereocenters. The van der Waals surface area contributed by atoms with Gasteiger partial charge in [-0.3, -0.25) is 5.41 Å². The van der Waals surface area contributed by atoms with Gasteiger partial charge in [0.2, 0.25) is 0 Å². The molecular formula is C13H19ClN2S. The molecule has 1 aromatic rings. The lowest BCUT2D eigenvalue weighted by atomic mass is 9.87. The zero-order valence-electron chi connectivity index (χ0n) is 10.3. The van der Waals surface area contributed by atoms with E-state index in [-0.39, 0.29) is 11.3 Å². The van der Waals surface area contributed by atoms with E-state index in [1.54, 1.807) is 11.8 Å². The number of nitrogens with one attached hydrogen (secondary N) is 1. The fraction of sp³-hybridized carbons (Fsp3) is 0.462. The third kappa shape index (κ3) is 5.00. The third-order valence-electron chi connectivity index (χ3n) is 2.74. The number of hydrogen-bond donors (Lipinski definition) is 2. The highest BCUT2D eigenvalue weighted by Gasteiger charge is 2.20. The lowest BCUT2D eigenvalue weighted by Crippen LogP contribution is -2.30. The van der Waals surface area contributed by atoms with Crippen LogP contribution in [-0.4, -0.2) is 11.6 Å². The van der Waals surface area contributed by atoms with Gasteiger partial charge in [0.25, 0.3) is 0 Å². The summed E-state index contributed by atoms with van der Waals surface area (Å²) < 4.78 is 0. The van der Waals surface area contributed by atoms with Crippen LogP contribution in [0, 0.1) is 10.8 Å². The Morgan fingerprint density at radius 2 is 2.18 bits per heavy atom. The summed E-state index contributed by atoms with van der Waals surface area (Å²) >= 11 is 7.71. The van der Waals surface area contributed by atoms with Crippen LogP contribution in [0.2, 0.25) is 5.02 Å². The van der Waals surface area contributed by atoms with Gasteiger partial charge in [0, 0.05) is 15.3 Å². The van der Waals surface area contributed by atoms with Crippen molar-refractivity contribution in [3.63, 3.8) is 0 Å². The number of halogens is 1. The van der Waals surface area contributed by atoms with Crippen molar-refractivity contribution in [2.75, 3.05) is 5.75 Å². The van der Waals surface area contributed by atoms with Crippen LogP contribution in [0.4, 0.5) is 0 Å². The molecule has 0 aliphatic heterocycles. The van der Waals surface area contributed by atoms with Crippen molar-refractivity contribution in [3.8, 4) is 0 Å². The Hall–Kier alpha value is -0.670. The first-order chi connectivity index (χ1) is 7.92. The SMILES string of the molecule is CC(C)(CCCSc1cccc(Cl)c1)C(=N)N. The summed E-state index contributed by atoms with van der Waals surface area (Å²) in [4.78, 5) is 1.19. The van der Waals surface area contributed by atoms with Crippen molar-refractivity contribution < 1.29 is 0 Å². The van der Waals surface area contributed by atoms with Gasteiger partial charge >= 0.3 is 0 Å². The first-order valence-corrected chi connectivity index (χ1v) is 7.01. The van der Waals surface area contributed by atoms with Gasteiger partial charge in [-0.05, 0) is 36.8 Å². The molecule has 0 heterocycles. The van der Waals surface area contributed by atoms with Gasteiger partial charge in [-0.15, -0.1) is 11.8 Å². The number of amidine groups is 1. The summed E-state index contributed by atoms with van der Waals surface area (Å²) in [5, 5.41) is 8.26. The predicted molar refractivity (Wildman–Crippen MR) is 77.1 cm³/mol. The largest absolute Gasteiger partial charge is 0.387 e. The zero-order valence-corrected chi connectivity index (χ0v) is 11.9. The Kier molecular flexibility index (Phi) is 5.34. The minimum Gasteiger partial charge on any atom is -0.387 e. The van der Waals surface area contributed by atoms with E-state index >= 15 is 0 Å². The Balaban J connectivity index is 2.32. The number of benzene rings is 1. The van der Waals surface area contributed by atoms with Crippen molar-refractivity contribution in [2.45, 2.75) is 31.6 Å². The minimum atomic E-state index is -0.186. The highest BCUT2D eigenvalue weighted by molar-refractivity contribution is 7.99. The molecule has 0 bridgehead atoms. The fourth-order valence-corrected chi connectivity index (χ4v) is 2.56. The topological polar surface area (TPSA) is 49.9 Å². The highest BCUT2D eigenvalue weighted by atomic mass is 35.5. The molecule has 0 aromatic heterocycles. The third-order valence-corrected chi connectivity index (χ3v) is 4.06. The van der Waals surface area contributed by atoms with Gasteiger partial charge in [0.1, 0.15) is 0 Å². The van der Waals surface area contributed by atoms with E-state index in [0.717, 1.165) is 23.6 Å². The maximum atomic E-state index is 7.48. The Bertz CT molecular complexity index is 391. The van der Waals surface area contributed by atoms with Gasteiger partial charge < -0.3 is 5.73 Å². The lowest BCUT2D eigenvalue weighted by Gasteiger charge is -2.22. The summed E-state index contributed by atoms with van der Waals surface area (Å²) in [6.45, 7) is 4.03. The average Bonchev–Trinajstić information content (AvgIpc) is 2.24. The van der Waals surface area contributed by atoms with E-state index in [1.807, 2.05) is 32.0 Å². The summed E-state index contributed by atoms with van der Waals surface area (Å²) in [5.74, 6) is 1.29. The average molecular weight is 271 g/mol. The van der Waals surface area contributed by atoms with Crippen molar-refractivity contribution in [2.24, 2.45) is 11.1 Å². The first-order valence-electron chi connectivity index (χ1n) is 5.65. The van der Waals surface area contributed by atoms with E-state index in [0.29, 0.717) is 0 Å². The number of nitrogens with two attached hydrogens (primary N) is 1. The molecule has 2 nitrogen and oxygen atoms in total. The van der Waals surface area contributed by atoms with Crippen LogP contribution in [0.15, 0.2) is 29.2 Å². The highest BCUT2D eigenvalue weighted by Crippen LogP contribution is 2.26. The molecule has 0 saturated heterocycles. The van der Waals surface area contributed by atoms with Gasteiger partial charge in [-0.2, -0.15) is 0 Å². The standard InChI is InChI=1S/C13H19ClN2S/c1-13(2,12(15)16)7-4-8-17-11-6-3-5-10(14)9-11/h3,5-6,9H,4,7-8H2,1-2H3,(H3,15,16). The van der Waals surface area contributed by atoms with E-state index < -0.39 is 0 Å². The van der Waals surface area contributed by atoms with Crippen LogP contribution in [0.3, 0.4) is 0 Å². The molecule has 17 heavy (non-hydrogen) atoms. The molecule has 1 rings (SSSR count). The van der Waals surface area contributed by atoms with Crippen molar-refractivity contribution >= 4 is 29.2 Å². The van der Waals surface area contributed by atoms with Gasteiger partial charge in [-0.1, -0.05) is 31.5 Å². The molecule has 4 heteroatoms. The molecule has 0 fully saturated rings. The Labute approximate surface area is 112 Å². The molecule has 0 radical (unpaired) electrons. The first kappa shape index (κ1) is 14.4. The van der Waals surface area contributed by atoms with Crippen LogP contribution in [0.25, 0.3) is 0 Å². The molecule has 0 saturated carbocycles. The molecule has 0 aliphatic rings. The van der Waals surface area contributed by atoms with Crippen LogP contribution < -0.4 is 5.73 Å². The summed E-state index contributed by atoms with van der Waals surface area (Å²) in [7, 11) is 0. The molecule has 0 spiro atoms. The molecule has 0 aliphatic carbocycles. The number of thioether (sulfide) groups is 1. The lowest BCUT2D eigenvalue weighted by molar-refractivity contribution is 0.464. The fourth-order valence-electron chi connectivity index (χ4n) is 1.40. The van der Waals surface area contributed by atoms with E-state index in [4.69, 9.17) is 22.7 Å². The van der Waals surface area contributed by atoms with E-state index in [9.17, 15) is 0 Å². The van der Waals surface area contributed by atoms with Gasteiger partial charge in [-0.25, -0.2) is 0 Å². The molecule has 94 valence electrons. The molecule has 0 amide bonds. The van der Waals surface area contributed by atoms with E-state index in [2.05, 4.69) is 6.07 Å². The Morgan fingerprint density at radius 1 is 1.47 bits per heavy atom. The quantitative estimate of drug-likeness (QED) is 0.353. The maximum Gasteiger partial charge on any atom is 0.0963 e. The second-order valence-electron chi connectivity index (χ2n) is 4.71. The maximum absolute atomic E-state index is 7.48. The summed E-state index contributed by atoms with van der Waals surface area (Å²) in [5.41, 5.74) is 5.36. The van der Waals surface area contributed by atoms with Crippen LogP contribution in [0.5, 0.6) is 0 Å².